The molecule has 2 fully saturated rings. The molecule has 1 N–H and O–H groups in total. The summed E-state index contributed by atoms with van der Waals surface area (Å²) in [5, 5.41) is 3.01. The highest BCUT2D eigenvalue weighted by Gasteiger charge is 2.24. The van der Waals surface area contributed by atoms with Crippen LogP contribution in [-0.4, -0.2) is 56.4 Å². The van der Waals surface area contributed by atoms with Gasteiger partial charge in [0.2, 0.25) is 0 Å². The van der Waals surface area contributed by atoms with Gasteiger partial charge in [0.1, 0.15) is 5.75 Å². The molecule has 2 aromatic rings. The van der Waals surface area contributed by atoms with E-state index in [0.29, 0.717) is 19.6 Å². The number of urea groups is 1. The van der Waals surface area contributed by atoms with Crippen LogP contribution >= 0.6 is 0 Å². The number of piperazine rings is 1. The Bertz CT molecular complexity index is 770. The Kier molecular flexibility index (Phi) is 5.97. The summed E-state index contributed by atoms with van der Waals surface area (Å²) in [5.74, 6) is 1.66. The van der Waals surface area contributed by atoms with Gasteiger partial charge in [0.25, 0.3) is 0 Å². The molecule has 1 unspecified atom stereocenters. The Labute approximate surface area is 166 Å². The highest BCUT2D eigenvalue weighted by Crippen LogP contribution is 2.32. The van der Waals surface area contributed by atoms with Crippen LogP contribution in [0.25, 0.3) is 0 Å². The van der Waals surface area contributed by atoms with Crippen molar-refractivity contribution in [3.8, 4) is 11.5 Å². The van der Waals surface area contributed by atoms with Crippen LogP contribution in [-0.2, 0) is 4.74 Å². The molecule has 6 heteroatoms. The second kappa shape index (κ2) is 8.97. The van der Waals surface area contributed by atoms with E-state index in [-0.39, 0.29) is 12.1 Å². The van der Waals surface area contributed by atoms with E-state index in [1.54, 1.807) is 0 Å². The summed E-state index contributed by atoms with van der Waals surface area (Å²) < 4.78 is 11.7. The minimum atomic E-state index is 0.00368. The van der Waals surface area contributed by atoms with Gasteiger partial charge in [-0.2, -0.15) is 0 Å². The molecule has 2 heterocycles. The van der Waals surface area contributed by atoms with E-state index >= 15 is 0 Å². The Morgan fingerprint density at radius 2 is 1.79 bits per heavy atom. The van der Waals surface area contributed by atoms with Crippen molar-refractivity contribution >= 4 is 11.7 Å². The lowest BCUT2D eigenvalue weighted by Crippen LogP contribution is -2.52. The molecule has 1 atom stereocenters. The SMILES string of the molecule is O=C(NCC1CCCO1)N1CCN(c2ccccc2Oc2ccccc2)CC1. The second-order valence-electron chi connectivity index (χ2n) is 7.18. The molecule has 0 radical (unpaired) electrons. The molecule has 2 saturated heterocycles. The first-order valence-electron chi connectivity index (χ1n) is 10.0. The first-order valence-corrected chi connectivity index (χ1v) is 10.0. The van der Waals surface area contributed by atoms with Crippen LogP contribution < -0.4 is 15.0 Å². The summed E-state index contributed by atoms with van der Waals surface area (Å²) in [5.41, 5.74) is 1.06. The van der Waals surface area contributed by atoms with Crippen molar-refractivity contribution in [2.75, 3.05) is 44.2 Å². The van der Waals surface area contributed by atoms with Gasteiger partial charge in [0.15, 0.2) is 5.75 Å². The Balaban J connectivity index is 1.33. The van der Waals surface area contributed by atoms with Gasteiger partial charge < -0.3 is 24.6 Å². The first kappa shape index (κ1) is 18.6. The van der Waals surface area contributed by atoms with Gasteiger partial charge in [-0.1, -0.05) is 30.3 Å². The van der Waals surface area contributed by atoms with Crippen molar-refractivity contribution in [2.24, 2.45) is 0 Å². The third kappa shape index (κ3) is 4.57. The lowest BCUT2D eigenvalue weighted by Gasteiger charge is -2.36. The molecule has 0 spiro atoms. The van der Waals surface area contributed by atoms with Crippen LogP contribution in [0, 0.1) is 0 Å². The lowest BCUT2D eigenvalue weighted by molar-refractivity contribution is 0.108. The van der Waals surface area contributed by atoms with E-state index in [1.165, 1.54) is 0 Å². The van der Waals surface area contributed by atoms with Gasteiger partial charge in [0.05, 0.1) is 11.8 Å². The molecule has 6 nitrogen and oxygen atoms in total. The fourth-order valence-corrected chi connectivity index (χ4v) is 3.69. The zero-order valence-electron chi connectivity index (χ0n) is 16.0. The maximum Gasteiger partial charge on any atom is 0.317 e. The number of hydrogen-bond acceptors (Lipinski definition) is 4. The summed E-state index contributed by atoms with van der Waals surface area (Å²) in [6.07, 6.45) is 2.29. The van der Waals surface area contributed by atoms with Crippen molar-refractivity contribution in [1.82, 2.24) is 10.2 Å². The number of ether oxygens (including phenoxy) is 2. The molecule has 0 bridgehead atoms. The predicted molar refractivity (Wildman–Crippen MR) is 109 cm³/mol. The van der Waals surface area contributed by atoms with Gasteiger partial charge in [-0.15, -0.1) is 0 Å². The second-order valence-corrected chi connectivity index (χ2v) is 7.18. The van der Waals surface area contributed by atoms with E-state index in [1.807, 2.05) is 53.4 Å². The predicted octanol–water partition coefficient (Wildman–Crippen LogP) is 3.49. The molecule has 4 rings (SSSR count). The molecule has 2 aliphatic heterocycles. The molecule has 28 heavy (non-hydrogen) atoms. The summed E-state index contributed by atoms with van der Waals surface area (Å²) in [7, 11) is 0. The van der Waals surface area contributed by atoms with Crippen LogP contribution in [0.3, 0.4) is 0 Å². The van der Waals surface area contributed by atoms with E-state index < -0.39 is 0 Å². The van der Waals surface area contributed by atoms with Crippen LogP contribution in [0.1, 0.15) is 12.8 Å². The number of carbonyl (C=O) groups excluding carboxylic acids is 1. The molecule has 2 aromatic carbocycles. The topological polar surface area (TPSA) is 54.0 Å². The van der Waals surface area contributed by atoms with Gasteiger partial charge in [0, 0.05) is 39.3 Å². The molecule has 0 aliphatic carbocycles. The normalized spacial score (nSPS) is 19.5. The van der Waals surface area contributed by atoms with Gasteiger partial charge >= 0.3 is 6.03 Å². The maximum atomic E-state index is 12.4. The zero-order valence-corrected chi connectivity index (χ0v) is 16.0. The third-order valence-corrected chi connectivity index (χ3v) is 5.25. The Morgan fingerprint density at radius 1 is 1.04 bits per heavy atom. The van der Waals surface area contributed by atoms with Gasteiger partial charge in [-0.05, 0) is 37.1 Å². The van der Waals surface area contributed by atoms with Crippen LogP contribution in [0.15, 0.2) is 54.6 Å². The van der Waals surface area contributed by atoms with Crippen molar-refractivity contribution in [2.45, 2.75) is 18.9 Å². The number of para-hydroxylation sites is 3. The average molecular weight is 381 g/mol. The number of rotatable bonds is 5. The standard InChI is InChI=1S/C22H27N3O3/c26-22(23-17-19-9-6-16-27-19)25-14-12-24(13-15-25)20-10-4-5-11-21(20)28-18-7-2-1-3-8-18/h1-5,7-8,10-11,19H,6,9,12-17H2,(H,23,26). The molecule has 0 aromatic heterocycles. The summed E-state index contributed by atoms with van der Waals surface area (Å²) in [6.45, 7) is 4.36. The van der Waals surface area contributed by atoms with Crippen molar-refractivity contribution < 1.29 is 14.3 Å². The molecule has 2 amide bonds. The van der Waals surface area contributed by atoms with Gasteiger partial charge in [-0.3, -0.25) is 0 Å². The van der Waals surface area contributed by atoms with Crippen LogP contribution in [0.2, 0.25) is 0 Å². The minimum Gasteiger partial charge on any atom is -0.455 e. The number of hydrogen-bond donors (Lipinski definition) is 1. The number of benzene rings is 2. The summed E-state index contributed by atoms with van der Waals surface area (Å²) >= 11 is 0. The number of amides is 2. The number of anilines is 1. The van der Waals surface area contributed by atoms with Crippen molar-refractivity contribution in [1.29, 1.82) is 0 Å². The van der Waals surface area contributed by atoms with E-state index in [9.17, 15) is 4.79 Å². The number of nitrogens with one attached hydrogen (secondary N) is 1. The zero-order chi connectivity index (χ0) is 19.2. The summed E-state index contributed by atoms with van der Waals surface area (Å²) in [4.78, 5) is 16.6. The van der Waals surface area contributed by atoms with Crippen molar-refractivity contribution in [3.05, 3.63) is 54.6 Å². The largest absolute Gasteiger partial charge is 0.455 e. The summed E-state index contributed by atoms with van der Waals surface area (Å²) in [6, 6.07) is 17.9. The lowest BCUT2D eigenvalue weighted by atomic mass is 10.2. The van der Waals surface area contributed by atoms with Crippen molar-refractivity contribution in [3.63, 3.8) is 0 Å². The van der Waals surface area contributed by atoms with E-state index in [2.05, 4.69) is 16.3 Å². The number of nitrogens with zero attached hydrogens (tertiary/aromatic N) is 2. The van der Waals surface area contributed by atoms with E-state index in [4.69, 9.17) is 9.47 Å². The minimum absolute atomic E-state index is 0.00368. The first-order chi connectivity index (χ1) is 13.8. The monoisotopic (exact) mass is 381 g/mol. The highest BCUT2D eigenvalue weighted by molar-refractivity contribution is 5.74. The Hall–Kier alpha value is -2.73. The average Bonchev–Trinajstić information content (AvgIpc) is 3.27. The smallest absolute Gasteiger partial charge is 0.317 e. The fraction of sp³-hybridized carbons (Fsp3) is 0.409. The quantitative estimate of drug-likeness (QED) is 0.861. The molecule has 148 valence electrons. The van der Waals surface area contributed by atoms with Gasteiger partial charge in [-0.25, -0.2) is 4.79 Å². The Morgan fingerprint density at radius 3 is 2.54 bits per heavy atom. The molecule has 0 saturated carbocycles. The maximum absolute atomic E-state index is 12.4. The number of carbonyl (C=O) groups is 1. The van der Waals surface area contributed by atoms with Crippen LogP contribution in [0.4, 0.5) is 10.5 Å². The van der Waals surface area contributed by atoms with E-state index in [0.717, 1.165) is 49.7 Å². The molecular formula is C22H27N3O3. The molecule has 2 aliphatic rings. The molecular weight excluding hydrogens is 354 g/mol. The highest BCUT2D eigenvalue weighted by atomic mass is 16.5. The fourth-order valence-electron chi connectivity index (χ4n) is 3.69. The third-order valence-electron chi connectivity index (χ3n) is 5.25. The van der Waals surface area contributed by atoms with Crippen LogP contribution in [0.5, 0.6) is 11.5 Å².